The van der Waals surface area contributed by atoms with Gasteiger partial charge in [0.25, 0.3) is 5.78 Å². The molecule has 1 aromatic rings. The van der Waals surface area contributed by atoms with Crippen LogP contribution in [0.4, 0.5) is 13.2 Å². The lowest BCUT2D eigenvalue weighted by Gasteiger charge is -2.07. The van der Waals surface area contributed by atoms with E-state index in [-0.39, 0.29) is 29.4 Å². The van der Waals surface area contributed by atoms with Gasteiger partial charge >= 0.3 is 6.18 Å². The van der Waals surface area contributed by atoms with Crippen molar-refractivity contribution in [2.75, 3.05) is 11.5 Å². The van der Waals surface area contributed by atoms with E-state index in [2.05, 4.69) is 5.10 Å². The molecule has 0 fully saturated rings. The number of alkyl halides is 3. The summed E-state index contributed by atoms with van der Waals surface area (Å²) in [5.41, 5.74) is -0.528. The van der Waals surface area contributed by atoms with Crippen LogP contribution in [-0.4, -0.2) is 41.7 Å². The number of Topliss-reactive ketones (excluding diaryl/α,β-unsaturated/α-hetero) is 1. The van der Waals surface area contributed by atoms with E-state index in [4.69, 9.17) is 0 Å². The molecule has 0 aromatic carbocycles. The highest BCUT2D eigenvalue weighted by Crippen LogP contribution is 2.25. The van der Waals surface area contributed by atoms with Gasteiger partial charge in [-0.25, -0.2) is 8.42 Å². The molecule has 0 spiro atoms. The van der Waals surface area contributed by atoms with E-state index in [1.807, 2.05) is 0 Å². The van der Waals surface area contributed by atoms with Crippen LogP contribution in [0.5, 0.6) is 0 Å². The van der Waals surface area contributed by atoms with Crippen LogP contribution in [0.15, 0.2) is 0 Å². The van der Waals surface area contributed by atoms with Crippen LogP contribution in [-0.2, 0) is 16.4 Å². The molecule has 21 heavy (non-hydrogen) atoms. The van der Waals surface area contributed by atoms with Crippen molar-refractivity contribution < 1.29 is 26.4 Å². The number of carbonyl (C=O) groups excluding carboxylic acids is 1. The van der Waals surface area contributed by atoms with Crippen LogP contribution >= 0.6 is 0 Å². The highest BCUT2D eigenvalue weighted by molar-refractivity contribution is 7.91. The number of aromatic nitrogens is 2. The Balaban J connectivity index is 3.01. The minimum absolute atomic E-state index is 0.0145. The molecule has 0 unspecified atom stereocenters. The smallest absolute Gasteiger partial charge is 0.284 e. The van der Waals surface area contributed by atoms with E-state index in [0.717, 1.165) is 4.68 Å². The van der Waals surface area contributed by atoms with Gasteiger partial charge in [0.1, 0.15) is 0 Å². The lowest BCUT2D eigenvalue weighted by molar-refractivity contribution is -0.0886. The second kappa shape index (κ2) is 6.17. The number of halogens is 3. The number of carbonyl (C=O) groups is 1. The monoisotopic (exact) mass is 326 g/mol. The molecular formula is C12H17F3N2O3S. The maximum absolute atomic E-state index is 12.5. The van der Waals surface area contributed by atoms with Crippen molar-refractivity contribution in [3.05, 3.63) is 17.0 Å². The largest absolute Gasteiger partial charge is 0.455 e. The molecule has 1 heterocycles. The predicted octanol–water partition coefficient (Wildman–Crippen LogP) is 2.07. The third kappa shape index (κ3) is 4.29. The molecule has 9 heteroatoms. The number of rotatable bonds is 6. The van der Waals surface area contributed by atoms with Gasteiger partial charge in [-0.15, -0.1) is 0 Å². The second-order valence-electron chi connectivity index (χ2n) is 4.75. The lowest BCUT2D eigenvalue weighted by atomic mass is 10.1. The number of ketones is 1. The molecular weight excluding hydrogens is 309 g/mol. The molecule has 0 saturated carbocycles. The summed E-state index contributed by atoms with van der Waals surface area (Å²) >= 11 is 0. The van der Waals surface area contributed by atoms with Crippen molar-refractivity contribution in [3.8, 4) is 0 Å². The fraction of sp³-hybridized carbons (Fsp3) is 0.667. The Kier molecular flexibility index (Phi) is 5.19. The molecule has 0 aliphatic carbocycles. The van der Waals surface area contributed by atoms with Crippen LogP contribution in [0, 0.1) is 13.8 Å². The minimum atomic E-state index is -4.97. The standard InChI is InChI=1S/C12H17F3N2O3S/c1-4-6-21(19,20)7-5-17-9(3)10(8(2)16-17)11(18)12(13,14)15/h4-7H2,1-3H3. The zero-order valence-electron chi connectivity index (χ0n) is 12.0. The molecule has 1 rings (SSSR count). The number of hydrogen-bond donors (Lipinski definition) is 0. The fourth-order valence-corrected chi connectivity index (χ4v) is 3.30. The first kappa shape index (κ1) is 17.7. The Hall–Kier alpha value is -1.38. The molecule has 0 radical (unpaired) electrons. The molecule has 0 aliphatic rings. The van der Waals surface area contributed by atoms with Gasteiger partial charge in [0.15, 0.2) is 9.84 Å². The fourth-order valence-electron chi connectivity index (χ4n) is 2.02. The molecule has 0 atom stereocenters. The highest BCUT2D eigenvalue weighted by Gasteiger charge is 2.42. The van der Waals surface area contributed by atoms with Gasteiger partial charge in [0, 0.05) is 11.4 Å². The third-order valence-corrected chi connectivity index (χ3v) is 4.83. The molecule has 0 saturated heterocycles. The van der Waals surface area contributed by atoms with Crippen LogP contribution in [0.3, 0.4) is 0 Å². The van der Waals surface area contributed by atoms with Crippen molar-refractivity contribution in [1.29, 1.82) is 0 Å². The Bertz CT molecular complexity index is 633. The zero-order valence-corrected chi connectivity index (χ0v) is 12.8. The van der Waals surface area contributed by atoms with E-state index in [1.54, 1.807) is 6.92 Å². The second-order valence-corrected chi connectivity index (χ2v) is 7.05. The summed E-state index contributed by atoms with van der Waals surface area (Å²) in [5.74, 6) is -2.16. The normalized spacial score (nSPS) is 12.7. The summed E-state index contributed by atoms with van der Waals surface area (Å²) in [6.45, 7) is 4.27. The van der Waals surface area contributed by atoms with E-state index < -0.39 is 27.4 Å². The van der Waals surface area contributed by atoms with Crippen molar-refractivity contribution in [3.63, 3.8) is 0 Å². The predicted molar refractivity (Wildman–Crippen MR) is 71.0 cm³/mol. The van der Waals surface area contributed by atoms with Gasteiger partial charge in [-0.3, -0.25) is 9.48 Å². The van der Waals surface area contributed by atoms with Gasteiger partial charge in [-0.05, 0) is 20.3 Å². The van der Waals surface area contributed by atoms with Gasteiger partial charge < -0.3 is 0 Å². The van der Waals surface area contributed by atoms with Gasteiger partial charge in [-0.1, -0.05) is 6.92 Å². The van der Waals surface area contributed by atoms with Crippen LogP contribution in [0.25, 0.3) is 0 Å². The van der Waals surface area contributed by atoms with E-state index in [9.17, 15) is 26.4 Å². The Morgan fingerprint density at radius 3 is 2.29 bits per heavy atom. The van der Waals surface area contributed by atoms with E-state index >= 15 is 0 Å². The first-order valence-corrected chi connectivity index (χ1v) is 8.17. The maximum Gasteiger partial charge on any atom is 0.455 e. The lowest BCUT2D eigenvalue weighted by Crippen LogP contribution is -2.24. The number of nitrogens with zero attached hydrogens (tertiary/aromatic N) is 2. The quantitative estimate of drug-likeness (QED) is 0.751. The number of sulfone groups is 1. The summed E-state index contributed by atoms with van der Waals surface area (Å²) in [4.78, 5) is 11.3. The van der Waals surface area contributed by atoms with E-state index in [1.165, 1.54) is 13.8 Å². The number of aryl methyl sites for hydroxylation is 2. The minimum Gasteiger partial charge on any atom is -0.284 e. The summed E-state index contributed by atoms with van der Waals surface area (Å²) in [6.07, 6.45) is -4.51. The molecule has 5 nitrogen and oxygen atoms in total. The van der Waals surface area contributed by atoms with Gasteiger partial charge in [0.05, 0.1) is 23.6 Å². The first-order valence-electron chi connectivity index (χ1n) is 6.35. The maximum atomic E-state index is 12.5. The van der Waals surface area contributed by atoms with Crippen molar-refractivity contribution in [2.24, 2.45) is 0 Å². The summed E-state index contributed by atoms with van der Waals surface area (Å²) in [5, 5.41) is 3.84. The zero-order chi connectivity index (χ0) is 16.4. The molecule has 0 N–H and O–H groups in total. The topological polar surface area (TPSA) is 69.0 Å². The van der Waals surface area contributed by atoms with Crippen molar-refractivity contribution >= 4 is 15.6 Å². The SMILES string of the molecule is CCCS(=O)(=O)CCn1nc(C)c(C(=O)C(F)(F)F)c1C. The van der Waals surface area contributed by atoms with E-state index in [0.29, 0.717) is 6.42 Å². The average Bonchev–Trinajstić information content (AvgIpc) is 2.60. The molecule has 0 aliphatic heterocycles. The molecule has 1 aromatic heterocycles. The van der Waals surface area contributed by atoms with Crippen LogP contribution in [0.1, 0.15) is 35.1 Å². The molecule has 0 bridgehead atoms. The third-order valence-electron chi connectivity index (χ3n) is 3.00. The Morgan fingerprint density at radius 2 is 1.81 bits per heavy atom. The first-order chi connectivity index (χ1) is 9.49. The molecule has 0 amide bonds. The highest BCUT2D eigenvalue weighted by atomic mass is 32.2. The van der Waals surface area contributed by atoms with Gasteiger partial charge in [-0.2, -0.15) is 18.3 Å². The summed E-state index contributed by atoms with van der Waals surface area (Å²) in [6, 6.07) is 0. The van der Waals surface area contributed by atoms with Crippen molar-refractivity contribution in [2.45, 2.75) is 39.9 Å². The molecule has 120 valence electrons. The van der Waals surface area contributed by atoms with Crippen LogP contribution in [0.2, 0.25) is 0 Å². The summed E-state index contributed by atoms with van der Waals surface area (Å²) < 4.78 is 61.9. The van der Waals surface area contributed by atoms with Crippen molar-refractivity contribution in [1.82, 2.24) is 9.78 Å². The average molecular weight is 326 g/mol. The summed E-state index contributed by atoms with van der Waals surface area (Å²) in [7, 11) is -3.27. The Labute approximate surface area is 121 Å². The van der Waals surface area contributed by atoms with Crippen LogP contribution < -0.4 is 0 Å². The number of hydrogen-bond acceptors (Lipinski definition) is 4. The van der Waals surface area contributed by atoms with Gasteiger partial charge in [0.2, 0.25) is 0 Å². The Morgan fingerprint density at radius 1 is 1.24 bits per heavy atom.